The number of aromatic nitrogens is 2. The van der Waals surface area contributed by atoms with Crippen molar-refractivity contribution in [3.05, 3.63) is 69.1 Å². The summed E-state index contributed by atoms with van der Waals surface area (Å²) in [5.74, 6) is -0.591. The van der Waals surface area contributed by atoms with Crippen LogP contribution in [-0.2, 0) is 23.9 Å². The van der Waals surface area contributed by atoms with Gasteiger partial charge in [0.2, 0.25) is 11.6 Å². The SMILES string of the molecule is CCc1ccccc1NC(=O)Cn1c(=O)c(C(F)(F)F)nc2cc(C)c(C)cc21. The van der Waals surface area contributed by atoms with Gasteiger partial charge >= 0.3 is 6.18 Å². The van der Waals surface area contributed by atoms with Crippen molar-refractivity contribution in [2.45, 2.75) is 39.9 Å². The Morgan fingerprint density at radius 1 is 1.14 bits per heavy atom. The lowest BCUT2D eigenvalue weighted by molar-refractivity contribution is -0.142. The van der Waals surface area contributed by atoms with Crippen LogP contribution in [0.4, 0.5) is 18.9 Å². The number of hydrogen-bond donors (Lipinski definition) is 1. The first kappa shape index (κ1) is 20.6. The predicted molar refractivity (Wildman–Crippen MR) is 105 cm³/mol. The minimum atomic E-state index is -4.92. The topological polar surface area (TPSA) is 64.0 Å². The second-order valence-electron chi connectivity index (χ2n) is 6.83. The number of benzene rings is 2. The number of carbonyl (C=O) groups excluding carboxylic acids is 1. The maximum Gasteiger partial charge on any atom is 0.438 e. The average Bonchev–Trinajstić information content (AvgIpc) is 2.65. The van der Waals surface area contributed by atoms with Crippen molar-refractivity contribution in [1.29, 1.82) is 0 Å². The van der Waals surface area contributed by atoms with Gasteiger partial charge in [0.15, 0.2) is 0 Å². The van der Waals surface area contributed by atoms with Gasteiger partial charge < -0.3 is 5.32 Å². The summed E-state index contributed by atoms with van der Waals surface area (Å²) < 4.78 is 40.9. The van der Waals surface area contributed by atoms with Crippen molar-refractivity contribution >= 4 is 22.6 Å². The summed E-state index contributed by atoms with van der Waals surface area (Å²) in [5.41, 5.74) is 0.298. The Morgan fingerprint density at radius 3 is 2.45 bits per heavy atom. The largest absolute Gasteiger partial charge is 0.438 e. The molecule has 1 amide bonds. The van der Waals surface area contributed by atoms with Gasteiger partial charge in [-0.1, -0.05) is 25.1 Å². The molecule has 152 valence electrons. The van der Waals surface area contributed by atoms with Crippen molar-refractivity contribution in [1.82, 2.24) is 9.55 Å². The molecular formula is C21H20F3N3O2. The molecule has 5 nitrogen and oxygen atoms in total. The second kappa shape index (κ2) is 7.69. The van der Waals surface area contributed by atoms with Gasteiger partial charge in [0.25, 0.3) is 5.56 Å². The minimum Gasteiger partial charge on any atom is -0.324 e. The summed E-state index contributed by atoms with van der Waals surface area (Å²) in [5, 5.41) is 2.69. The molecule has 3 aromatic rings. The lowest BCUT2D eigenvalue weighted by atomic mass is 10.1. The molecule has 29 heavy (non-hydrogen) atoms. The summed E-state index contributed by atoms with van der Waals surface area (Å²) in [6, 6.07) is 10.2. The van der Waals surface area contributed by atoms with E-state index in [2.05, 4.69) is 10.3 Å². The number of carbonyl (C=O) groups is 1. The molecule has 0 unspecified atom stereocenters. The van der Waals surface area contributed by atoms with E-state index in [1.54, 1.807) is 32.0 Å². The summed E-state index contributed by atoms with van der Waals surface area (Å²) in [4.78, 5) is 28.7. The molecule has 3 rings (SSSR count). The van der Waals surface area contributed by atoms with Gasteiger partial charge in [-0.15, -0.1) is 0 Å². The number of nitrogens with zero attached hydrogens (tertiary/aromatic N) is 2. The molecule has 0 spiro atoms. The highest BCUT2D eigenvalue weighted by Crippen LogP contribution is 2.27. The van der Waals surface area contributed by atoms with Crippen LogP contribution in [0.3, 0.4) is 0 Å². The number of para-hydroxylation sites is 1. The molecule has 0 aliphatic carbocycles. The third-order valence-corrected chi connectivity index (χ3v) is 4.80. The highest BCUT2D eigenvalue weighted by Gasteiger charge is 2.37. The number of halogens is 3. The van der Waals surface area contributed by atoms with Gasteiger partial charge in [0.05, 0.1) is 11.0 Å². The van der Waals surface area contributed by atoms with Crippen LogP contribution in [0.5, 0.6) is 0 Å². The molecule has 0 saturated carbocycles. The molecule has 0 bridgehead atoms. The molecule has 0 saturated heterocycles. The van der Waals surface area contributed by atoms with Crippen molar-refractivity contribution < 1.29 is 18.0 Å². The summed E-state index contributed by atoms with van der Waals surface area (Å²) in [6.45, 7) is 4.89. The molecular weight excluding hydrogens is 383 g/mol. The molecule has 8 heteroatoms. The van der Waals surface area contributed by atoms with Crippen molar-refractivity contribution in [3.63, 3.8) is 0 Å². The van der Waals surface area contributed by atoms with E-state index in [0.717, 1.165) is 21.3 Å². The number of anilines is 1. The lowest BCUT2D eigenvalue weighted by Crippen LogP contribution is -2.34. The summed E-state index contributed by atoms with van der Waals surface area (Å²) >= 11 is 0. The van der Waals surface area contributed by atoms with Crippen LogP contribution >= 0.6 is 0 Å². The van der Waals surface area contributed by atoms with E-state index in [-0.39, 0.29) is 11.0 Å². The highest BCUT2D eigenvalue weighted by molar-refractivity contribution is 5.92. The van der Waals surface area contributed by atoms with Crippen LogP contribution in [0.2, 0.25) is 0 Å². The highest BCUT2D eigenvalue weighted by atomic mass is 19.4. The number of fused-ring (bicyclic) bond motifs is 1. The van der Waals surface area contributed by atoms with E-state index in [1.165, 1.54) is 6.07 Å². The third kappa shape index (κ3) is 4.16. The fourth-order valence-electron chi connectivity index (χ4n) is 3.12. The zero-order valence-corrected chi connectivity index (χ0v) is 16.2. The maximum absolute atomic E-state index is 13.3. The van der Waals surface area contributed by atoms with Crippen molar-refractivity contribution in [2.75, 3.05) is 5.32 Å². The van der Waals surface area contributed by atoms with Crippen LogP contribution in [0, 0.1) is 13.8 Å². The summed E-state index contributed by atoms with van der Waals surface area (Å²) in [7, 11) is 0. The van der Waals surface area contributed by atoms with E-state index in [1.807, 2.05) is 19.1 Å². The third-order valence-electron chi connectivity index (χ3n) is 4.80. The molecule has 0 radical (unpaired) electrons. The number of amides is 1. The molecule has 1 aromatic heterocycles. The van der Waals surface area contributed by atoms with Gasteiger partial charge in [-0.3, -0.25) is 14.2 Å². The number of alkyl halides is 3. The zero-order valence-electron chi connectivity index (χ0n) is 16.2. The number of nitrogens with one attached hydrogen (secondary N) is 1. The van der Waals surface area contributed by atoms with E-state index in [0.29, 0.717) is 12.1 Å². The molecule has 1 heterocycles. The maximum atomic E-state index is 13.3. The van der Waals surface area contributed by atoms with Crippen molar-refractivity contribution in [3.8, 4) is 0 Å². The monoisotopic (exact) mass is 403 g/mol. The Morgan fingerprint density at radius 2 is 1.79 bits per heavy atom. The Labute approximate surface area is 165 Å². The van der Waals surface area contributed by atoms with Crippen molar-refractivity contribution in [2.24, 2.45) is 0 Å². The number of aryl methyl sites for hydroxylation is 3. The Bertz CT molecular complexity index is 1150. The van der Waals surface area contributed by atoms with Gasteiger partial charge in [-0.25, -0.2) is 4.98 Å². The first-order valence-corrected chi connectivity index (χ1v) is 9.08. The van der Waals surface area contributed by atoms with E-state index in [9.17, 15) is 22.8 Å². The van der Waals surface area contributed by atoms with Gasteiger partial charge in [-0.05, 0) is 55.2 Å². The van der Waals surface area contributed by atoms with Gasteiger partial charge in [-0.2, -0.15) is 13.2 Å². The molecule has 0 fully saturated rings. The first-order chi connectivity index (χ1) is 13.6. The smallest absolute Gasteiger partial charge is 0.324 e. The van der Waals surface area contributed by atoms with Crippen LogP contribution in [0.15, 0.2) is 41.2 Å². The van der Waals surface area contributed by atoms with E-state index < -0.39 is 29.9 Å². The first-order valence-electron chi connectivity index (χ1n) is 9.08. The molecule has 1 N–H and O–H groups in total. The molecule has 2 aromatic carbocycles. The fraction of sp³-hybridized carbons (Fsp3) is 0.286. The zero-order chi connectivity index (χ0) is 21.3. The van der Waals surface area contributed by atoms with Crippen LogP contribution in [0.25, 0.3) is 11.0 Å². The Balaban J connectivity index is 2.09. The summed E-state index contributed by atoms with van der Waals surface area (Å²) in [6.07, 6.45) is -4.25. The normalized spacial score (nSPS) is 11.7. The Hall–Kier alpha value is -3.16. The molecule has 0 atom stereocenters. The second-order valence-corrected chi connectivity index (χ2v) is 6.83. The Kier molecular flexibility index (Phi) is 5.46. The average molecular weight is 403 g/mol. The van der Waals surface area contributed by atoms with Crippen LogP contribution in [-0.4, -0.2) is 15.5 Å². The quantitative estimate of drug-likeness (QED) is 0.709. The molecule has 0 aliphatic heterocycles. The fourth-order valence-corrected chi connectivity index (χ4v) is 3.12. The minimum absolute atomic E-state index is 0.0155. The van der Waals surface area contributed by atoms with E-state index in [4.69, 9.17) is 0 Å². The number of rotatable bonds is 4. The molecule has 0 aliphatic rings. The lowest BCUT2D eigenvalue weighted by Gasteiger charge is -2.16. The van der Waals surface area contributed by atoms with Gasteiger partial charge in [0.1, 0.15) is 6.54 Å². The number of hydrogen-bond acceptors (Lipinski definition) is 3. The van der Waals surface area contributed by atoms with Crippen LogP contribution in [0.1, 0.15) is 29.3 Å². The van der Waals surface area contributed by atoms with Crippen LogP contribution < -0.4 is 10.9 Å². The van der Waals surface area contributed by atoms with Gasteiger partial charge in [0, 0.05) is 5.69 Å². The predicted octanol–water partition coefficient (Wildman–Crippen LogP) is 4.23. The standard InChI is InChI=1S/C21H20F3N3O2/c1-4-14-7-5-6-8-15(14)25-18(28)11-27-17-10-13(3)12(2)9-16(17)26-19(20(27)29)21(22,23)24/h5-10H,4,11H2,1-3H3,(H,25,28). The van der Waals surface area contributed by atoms with E-state index >= 15 is 0 Å².